The molecule has 0 saturated carbocycles. The van der Waals surface area contributed by atoms with Gasteiger partial charge in [-0.3, -0.25) is 10.2 Å². The molecule has 1 aromatic heterocycles. The molecule has 0 aliphatic rings. The first-order chi connectivity index (χ1) is 17.1. The molecule has 0 aliphatic heterocycles. The van der Waals surface area contributed by atoms with E-state index in [2.05, 4.69) is 15.4 Å². The van der Waals surface area contributed by atoms with Gasteiger partial charge in [-0.25, -0.2) is 8.42 Å². The SMILES string of the molecule is COc1ccc(S(=O)(=O)NNC(=O)Cn2nnc(-c3cc(C(F)(F)F)cc(C(F)(F)F)c3)n2)cc1OC. The van der Waals surface area contributed by atoms with E-state index in [4.69, 9.17) is 9.47 Å². The molecule has 1 amide bonds. The van der Waals surface area contributed by atoms with Crippen LogP contribution >= 0.6 is 0 Å². The summed E-state index contributed by atoms with van der Waals surface area (Å²) in [6.07, 6.45) is -10.2. The van der Waals surface area contributed by atoms with Gasteiger partial charge in [0.2, 0.25) is 5.82 Å². The number of alkyl halides is 6. The standard InChI is InChI=1S/C19H16F6N6O5S/c1-35-14-4-3-13(8-15(14)36-2)37(33,34)30-26-16(32)9-31-28-17(27-29-31)10-5-11(18(20,21)22)7-12(6-10)19(23,24)25/h3-8,30H,9H2,1-2H3,(H,26,32). The lowest BCUT2D eigenvalue weighted by atomic mass is 10.0. The van der Waals surface area contributed by atoms with Gasteiger partial charge in [0.25, 0.3) is 15.9 Å². The number of carbonyl (C=O) groups excluding carboxylic acids is 1. The summed E-state index contributed by atoms with van der Waals surface area (Å²) >= 11 is 0. The van der Waals surface area contributed by atoms with Crippen LogP contribution in [-0.2, 0) is 33.7 Å². The minimum atomic E-state index is -5.09. The van der Waals surface area contributed by atoms with Crippen LogP contribution in [0, 0.1) is 0 Å². The summed E-state index contributed by atoms with van der Waals surface area (Å²) in [5, 5.41) is 10.4. The van der Waals surface area contributed by atoms with Crippen molar-refractivity contribution >= 4 is 15.9 Å². The van der Waals surface area contributed by atoms with Crippen molar-refractivity contribution in [1.82, 2.24) is 30.5 Å². The van der Waals surface area contributed by atoms with Crippen LogP contribution in [0.1, 0.15) is 11.1 Å². The van der Waals surface area contributed by atoms with Gasteiger partial charge in [0.15, 0.2) is 11.5 Å². The molecule has 11 nitrogen and oxygen atoms in total. The molecule has 0 aliphatic carbocycles. The van der Waals surface area contributed by atoms with Gasteiger partial charge in [-0.1, -0.05) is 0 Å². The van der Waals surface area contributed by atoms with Crippen LogP contribution in [0.3, 0.4) is 0 Å². The van der Waals surface area contributed by atoms with Crippen molar-refractivity contribution in [2.45, 2.75) is 23.8 Å². The quantitative estimate of drug-likeness (QED) is 0.320. The van der Waals surface area contributed by atoms with Crippen molar-refractivity contribution < 1.29 is 49.0 Å². The summed E-state index contributed by atoms with van der Waals surface area (Å²) in [4.78, 5) is 14.2. The zero-order chi connectivity index (χ0) is 27.6. The van der Waals surface area contributed by atoms with Crippen molar-refractivity contribution in [3.05, 3.63) is 47.5 Å². The summed E-state index contributed by atoms with van der Waals surface area (Å²) in [6.45, 7) is -0.785. The number of hydrogen-bond acceptors (Lipinski definition) is 8. The number of ether oxygens (including phenoxy) is 2. The number of nitrogens with zero attached hydrogens (tertiary/aromatic N) is 4. The van der Waals surface area contributed by atoms with Gasteiger partial charge >= 0.3 is 12.4 Å². The summed E-state index contributed by atoms with van der Waals surface area (Å²) < 4.78 is 113. The van der Waals surface area contributed by atoms with E-state index in [-0.39, 0.29) is 22.5 Å². The fourth-order valence-corrected chi connectivity index (χ4v) is 3.72. The molecule has 2 N–H and O–H groups in total. The van der Waals surface area contributed by atoms with Gasteiger partial charge in [0.1, 0.15) is 6.54 Å². The molecule has 3 aromatic rings. The molecule has 0 atom stereocenters. The van der Waals surface area contributed by atoms with Crippen molar-refractivity contribution in [1.29, 1.82) is 0 Å². The Morgan fingerprint density at radius 1 is 0.946 bits per heavy atom. The third kappa shape index (κ3) is 6.64. The van der Waals surface area contributed by atoms with Gasteiger partial charge in [0.05, 0.1) is 30.2 Å². The third-order valence-electron chi connectivity index (χ3n) is 4.57. The van der Waals surface area contributed by atoms with Crippen LogP contribution in [0.25, 0.3) is 11.4 Å². The highest BCUT2D eigenvalue weighted by molar-refractivity contribution is 7.89. The predicted octanol–water partition coefficient (Wildman–Crippen LogP) is 2.40. The molecule has 2 aromatic carbocycles. The lowest BCUT2D eigenvalue weighted by molar-refractivity contribution is -0.143. The Hall–Kier alpha value is -3.93. The van der Waals surface area contributed by atoms with Gasteiger partial charge in [-0.15, -0.1) is 15.0 Å². The van der Waals surface area contributed by atoms with Crippen molar-refractivity contribution in [2.75, 3.05) is 14.2 Å². The van der Waals surface area contributed by atoms with Crippen LogP contribution in [0.4, 0.5) is 26.3 Å². The number of aromatic nitrogens is 4. The van der Waals surface area contributed by atoms with E-state index in [1.807, 2.05) is 10.3 Å². The largest absolute Gasteiger partial charge is 0.493 e. The molecule has 18 heteroatoms. The molecule has 0 unspecified atom stereocenters. The number of rotatable bonds is 8. The Morgan fingerprint density at radius 3 is 2.08 bits per heavy atom. The van der Waals surface area contributed by atoms with E-state index in [1.165, 1.54) is 26.4 Å². The van der Waals surface area contributed by atoms with Crippen LogP contribution in [0.2, 0.25) is 0 Å². The molecule has 37 heavy (non-hydrogen) atoms. The van der Waals surface area contributed by atoms with Crippen LogP contribution in [0.15, 0.2) is 41.3 Å². The second-order valence-corrected chi connectivity index (χ2v) is 8.79. The Balaban J connectivity index is 1.74. The maximum absolute atomic E-state index is 13.1. The van der Waals surface area contributed by atoms with E-state index < -0.39 is 57.3 Å². The summed E-state index contributed by atoms with van der Waals surface area (Å²) in [5.41, 5.74) is -1.96. The first kappa shape index (κ1) is 27.7. The fraction of sp³-hybridized carbons (Fsp3) is 0.263. The number of hydrazine groups is 1. The zero-order valence-electron chi connectivity index (χ0n) is 18.7. The van der Waals surface area contributed by atoms with Gasteiger partial charge < -0.3 is 9.47 Å². The number of halogens is 6. The lowest BCUT2D eigenvalue weighted by Crippen LogP contribution is -2.43. The number of tetrazole rings is 1. The normalized spacial score (nSPS) is 12.3. The predicted molar refractivity (Wildman–Crippen MR) is 111 cm³/mol. The second-order valence-electron chi connectivity index (χ2n) is 7.11. The van der Waals surface area contributed by atoms with Crippen LogP contribution in [-0.4, -0.2) is 48.8 Å². The monoisotopic (exact) mass is 554 g/mol. The Bertz CT molecular complexity index is 1370. The molecular weight excluding hydrogens is 538 g/mol. The van der Waals surface area contributed by atoms with E-state index in [9.17, 15) is 39.6 Å². The molecule has 0 saturated heterocycles. The fourth-order valence-electron chi connectivity index (χ4n) is 2.84. The molecular formula is C19H16F6N6O5S. The molecule has 0 spiro atoms. The molecule has 0 radical (unpaired) electrons. The summed E-state index contributed by atoms with van der Waals surface area (Å²) in [5.74, 6) is -1.32. The van der Waals surface area contributed by atoms with Crippen molar-refractivity contribution in [3.8, 4) is 22.9 Å². The first-order valence-electron chi connectivity index (χ1n) is 9.74. The molecule has 0 bridgehead atoms. The highest BCUT2D eigenvalue weighted by Gasteiger charge is 2.37. The topological polar surface area (TPSA) is 137 Å². The van der Waals surface area contributed by atoms with Crippen LogP contribution < -0.4 is 19.7 Å². The van der Waals surface area contributed by atoms with E-state index >= 15 is 0 Å². The van der Waals surface area contributed by atoms with Gasteiger partial charge in [-0.2, -0.15) is 31.1 Å². The maximum atomic E-state index is 13.1. The number of sulfonamides is 1. The number of hydrogen-bond donors (Lipinski definition) is 2. The minimum Gasteiger partial charge on any atom is -0.493 e. The zero-order valence-corrected chi connectivity index (χ0v) is 19.5. The highest BCUT2D eigenvalue weighted by atomic mass is 32.2. The number of benzene rings is 2. The summed E-state index contributed by atoms with van der Waals surface area (Å²) in [6, 6.07) is 4.34. The number of nitrogens with one attached hydrogen (secondary N) is 2. The average molecular weight is 554 g/mol. The number of carbonyl (C=O) groups is 1. The molecule has 1 heterocycles. The van der Waals surface area contributed by atoms with Crippen molar-refractivity contribution in [2.24, 2.45) is 0 Å². The van der Waals surface area contributed by atoms with Crippen molar-refractivity contribution in [3.63, 3.8) is 0 Å². The average Bonchev–Trinajstić information content (AvgIpc) is 3.29. The Kier molecular flexibility index (Phi) is 7.63. The third-order valence-corrected chi connectivity index (χ3v) is 5.82. The Morgan fingerprint density at radius 2 is 1.54 bits per heavy atom. The maximum Gasteiger partial charge on any atom is 0.416 e. The molecule has 200 valence electrons. The van der Waals surface area contributed by atoms with Gasteiger partial charge in [-0.05, 0) is 35.5 Å². The summed E-state index contributed by atoms with van der Waals surface area (Å²) in [7, 11) is -1.65. The van der Waals surface area contributed by atoms with Gasteiger partial charge in [0, 0.05) is 11.6 Å². The number of amides is 1. The van der Waals surface area contributed by atoms with E-state index in [0.717, 1.165) is 6.07 Å². The molecule has 0 fully saturated rings. The van der Waals surface area contributed by atoms with E-state index in [1.54, 1.807) is 0 Å². The smallest absolute Gasteiger partial charge is 0.416 e. The second kappa shape index (κ2) is 10.2. The first-order valence-corrected chi connectivity index (χ1v) is 11.2. The minimum absolute atomic E-state index is 0.0636. The van der Waals surface area contributed by atoms with Crippen LogP contribution in [0.5, 0.6) is 11.5 Å². The number of methoxy groups -OCH3 is 2. The van der Waals surface area contributed by atoms with E-state index in [0.29, 0.717) is 16.9 Å². The molecule has 3 rings (SSSR count). The highest BCUT2D eigenvalue weighted by Crippen LogP contribution is 2.38. The Labute approximate surface area is 204 Å². The lowest BCUT2D eigenvalue weighted by Gasteiger charge is -2.12.